The molecule has 0 saturated carbocycles. The number of aryl methyl sites for hydroxylation is 1. The molecule has 0 radical (unpaired) electrons. The van der Waals surface area contributed by atoms with Crippen LogP contribution in [0.4, 0.5) is 0 Å². The smallest absolute Gasteiger partial charge is 0.324 e. The Balaban J connectivity index is 3.27. The maximum atomic E-state index is 11.1. The van der Waals surface area contributed by atoms with Crippen molar-refractivity contribution in [1.82, 2.24) is 9.13 Å². The predicted octanol–water partition coefficient (Wildman–Crippen LogP) is -1.13. The standard InChI is InChI=1S/C7H11N3O2/c1-9-4-5(6(11)3-8)10(2)7(9)12/h4H,3,8H2,1-2H3. The summed E-state index contributed by atoms with van der Waals surface area (Å²) < 4.78 is 2.64. The van der Waals surface area contributed by atoms with E-state index in [-0.39, 0.29) is 18.0 Å². The molecular formula is C7H11N3O2. The van der Waals surface area contributed by atoms with Gasteiger partial charge in [-0.3, -0.25) is 9.36 Å². The van der Waals surface area contributed by atoms with Gasteiger partial charge in [-0.1, -0.05) is 0 Å². The largest absolute Gasteiger partial charge is 0.328 e. The molecule has 5 heteroatoms. The van der Waals surface area contributed by atoms with Gasteiger partial charge in [-0.25, -0.2) is 4.79 Å². The SMILES string of the molecule is Cn1cc(C(=O)CN)n(C)c1=O. The van der Waals surface area contributed by atoms with E-state index in [4.69, 9.17) is 5.73 Å². The van der Waals surface area contributed by atoms with Gasteiger partial charge in [-0.15, -0.1) is 0 Å². The Morgan fingerprint density at radius 3 is 2.50 bits per heavy atom. The Labute approximate surface area is 69.4 Å². The van der Waals surface area contributed by atoms with E-state index in [2.05, 4.69) is 0 Å². The third-order valence-electron chi connectivity index (χ3n) is 1.74. The van der Waals surface area contributed by atoms with Crippen LogP contribution in [0.5, 0.6) is 0 Å². The van der Waals surface area contributed by atoms with Crippen LogP contribution < -0.4 is 11.4 Å². The van der Waals surface area contributed by atoms with Crippen molar-refractivity contribution in [3.63, 3.8) is 0 Å². The second-order valence-corrected chi connectivity index (χ2v) is 2.59. The van der Waals surface area contributed by atoms with Crippen LogP contribution in [0.2, 0.25) is 0 Å². The lowest BCUT2D eigenvalue weighted by Gasteiger charge is -1.95. The summed E-state index contributed by atoms with van der Waals surface area (Å²) in [6, 6.07) is 0. The summed E-state index contributed by atoms with van der Waals surface area (Å²) in [5.74, 6) is -0.227. The van der Waals surface area contributed by atoms with E-state index in [1.54, 1.807) is 14.1 Å². The second kappa shape index (κ2) is 2.94. The molecule has 1 heterocycles. The van der Waals surface area contributed by atoms with Gasteiger partial charge in [-0.2, -0.15) is 0 Å². The Bertz CT molecular complexity index is 361. The highest BCUT2D eigenvalue weighted by Gasteiger charge is 2.11. The highest BCUT2D eigenvalue weighted by molar-refractivity contribution is 5.95. The molecule has 5 nitrogen and oxygen atoms in total. The van der Waals surface area contributed by atoms with Crippen molar-refractivity contribution in [2.45, 2.75) is 0 Å². The molecule has 66 valence electrons. The van der Waals surface area contributed by atoms with Gasteiger partial charge in [0.05, 0.1) is 6.54 Å². The molecule has 0 unspecified atom stereocenters. The number of ketones is 1. The van der Waals surface area contributed by atoms with Crippen molar-refractivity contribution in [3.05, 3.63) is 22.4 Å². The van der Waals surface area contributed by atoms with Crippen molar-refractivity contribution in [2.75, 3.05) is 6.54 Å². The molecule has 1 rings (SSSR count). The summed E-state index contributed by atoms with van der Waals surface area (Å²) in [7, 11) is 3.14. The molecule has 0 aliphatic carbocycles. The highest BCUT2D eigenvalue weighted by Crippen LogP contribution is 1.94. The molecule has 0 spiro atoms. The van der Waals surface area contributed by atoms with E-state index in [1.165, 1.54) is 15.3 Å². The minimum Gasteiger partial charge on any atom is -0.324 e. The van der Waals surface area contributed by atoms with Crippen molar-refractivity contribution in [2.24, 2.45) is 19.8 Å². The summed E-state index contributed by atoms with van der Waals surface area (Å²) in [4.78, 5) is 22.2. The minimum absolute atomic E-state index is 0.0721. The van der Waals surface area contributed by atoms with Crippen molar-refractivity contribution in [1.29, 1.82) is 0 Å². The van der Waals surface area contributed by atoms with Gasteiger partial charge in [0.15, 0.2) is 5.78 Å². The molecule has 0 fully saturated rings. The van der Waals surface area contributed by atoms with E-state index in [9.17, 15) is 9.59 Å². The molecule has 1 aromatic rings. The maximum absolute atomic E-state index is 11.1. The first-order valence-electron chi connectivity index (χ1n) is 3.53. The van der Waals surface area contributed by atoms with Crippen molar-refractivity contribution in [3.8, 4) is 0 Å². The minimum atomic E-state index is -0.227. The fourth-order valence-corrected chi connectivity index (χ4v) is 1.03. The number of hydrogen-bond donors (Lipinski definition) is 1. The molecular weight excluding hydrogens is 158 g/mol. The molecule has 12 heavy (non-hydrogen) atoms. The van der Waals surface area contributed by atoms with Gasteiger partial charge >= 0.3 is 5.69 Å². The van der Waals surface area contributed by atoms with E-state index in [1.807, 2.05) is 0 Å². The number of carbonyl (C=O) groups excluding carboxylic acids is 1. The van der Waals surface area contributed by atoms with Crippen molar-refractivity contribution < 1.29 is 4.79 Å². The molecule has 0 atom stereocenters. The molecule has 0 aliphatic heterocycles. The molecule has 2 N–H and O–H groups in total. The topological polar surface area (TPSA) is 70.0 Å². The van der Waals surface area contributed by atoms with Crippen LogP contribution in [0.25, 0.3) is 0 Å². The zero-order chi connectivity index (χ0) is 9.30. The summed E-state index contributed by atoms with van der Waals surface area (Å²) >= 11 is 0. The first kappa shape index (κ1) is 8.73. The fraction of sp³-hybridized carbons (Fsp3) is 0.429. The lowest BCUT2D eigenvalue weighted by molar-refractivity contribution is 0.0993. The van der Waals surface area contributed by atoms with Crippen LogP contribution in [0, 0.1) is 0 Å². The normalized spacial score (nSPS) is 10.2. The van der Waals surface area contributed by atoms with Crippen LogP contribution in [-0.4, -0.2) is 21.5 Å². The maximum Gasteiger partial charge on any atom is 0.328 e. The first-order chi connectivity index (χ1) is 5.57. The van der Waals surface area contributed by atoms with Gasteiger partial charge < -0.3 is 10.3 Å². The van der Waals surface area contributed by atoms with Gasteiger partial charge in [0.1, 0.15) is 5.69 Å². The Morgan fingerprint density at radius 2 is 2.17 bits per heavy atom. The third-order valence-corrected chi connectivity index (χ3v) is 1.74. The molecule has 0 amide bonds. The Morgan fingerprint density at radius 1 is 1.58 bits per heavy atom. The van der Waals surface area contributed by atoms with Crippen molar-refractivity contribution >= 4 is 5.78 Å². The summed E-state index contributed by atoms with van der Waals surface area (Å²) in [5, 5.41) is 0. The molecule has 1 aromatic heterocycles. The monoisotopic (exact) mass is 169 g/mol. The molecule has 0 saturated heterocycles. The average Bonchev–Trinajstić information content (AvgIpc) is 2.32. The van der Waals surface area contributed by atoms with E-state index >= 15 is 0 Å². The number of nitrogens with zero attached hydrogens (tertiary/aromatic N) is 2. The first-order valence-corrected chi connectivity index (χ1v) is 3.53. The summed E-state index contributed by atoms with van der Waals surface area (Å²) in [5.41, 5.74) is 5.29. The van der Waals surface area contributed by atoms with Gasteiger partial charge in [-0.05, 0) is 0 Å². The molecule has 0 aromatic carbocycles. The number of hydrogen-bond acceptors (Lipinski definition) is 3. The number of aromatic nitrogens is 2. The van der Waals surface area contributed by atoms with Crippen LogP contribution >= 0.6 is 0 Å². The highest BCUT2D eigenvalue weighted by atomic mass is 16.2. The quantitative estimate of drug-likeness (QED) is 0.569. The zero-order valence-electron chi connectivity index (χ0n) is 7.07. The number of imidazole rings is 1. The lowest BCUT2D eigenvalue weighted by atomic mass is 10.3. The molecule has 0 bridgehead atoms. The van der Waals surface area contributed by atoms with E-state index < -0.39 is 0 Å². The number of rotatable bonds is 2. The summed E-state index contributed by atoms with van der Waals surface area (Å²) in [6.45, 7) is -0.0721. The van der Waals surface area contributed by atoms with E-state index in [0.717, 1.165) is 0 Å². The van der Waals surface area contributed by atoms with Crippen LogP contribution in [0.15, 0.2) is 11.0 Å². The number of nitrogens with two attached hydrogens (primary N) is 1. The molecule has 0 aliphatic rings. The van der Waals surface area contributed by atoms with Gasteiger partial charge in [0.2, 0.25) is 0 Å². The van der Waals surface area contributed by atoms with Crippen LogP contribution in [0.1, 0.15) is 10.5 Å². The second-order valence-electron chi connectivity index (χ2n) is 2.59. The zero-order valence-corrected chi connectivity index (χ0v) is 7.07. The number of Topliss-reactive ketones (excluding diaryl/α,β-unsaturated/α-hetero) is 1. The fourth-order valence-electron chi connectivity index (χ4n) is 1.03. The van der Waals surface area contributed by atoms with Crippen LogP contribution in [0.3, 0.4) is 0 Å². The number of carbonyl (C=O) groups is 1. The Hall–Kier alpha value is -1.36. The van der Waals surface area contributed by atoms with Gasteiger partial charge in [0.25, 0.3) is 0 Å². The van der Waals surface area contributed by atoms with Gasteiger partial charge in [0, 0.05) is 20.3 Å². The Kier molecular flexibility index (Phi) is 2.14. The lowest BCUT2D eigenvalue weighted by Crippen LogP contribution is -2.23. The summed E-state index contributed by atoms with van der Waals surface area (Å²) in [6.07, 6.45) is 1.48. The van der Waals surface area contributed by atoms with E-state index in [0.29, 0.717) is 5.69 Å². The van der Waals surface area contributed by atoms with Crippen LogP contribution in [-0.2, 0) is 14.1 Å². The average molecular weight is 169 g/mol. The third kappa shape index (κ3) is 1.18. The predicted molar refractivity (Wildman–Crippen MR) is 44.0 cm³/mol.